The maximum absolute atomic E-state index is 10.3. The Bertz CT molecular complexity index is 592. The lowest BCUT2D eigenvalue weighted by Gasteiger charge is -1.93. The summed E-state index contributed by atoms with van der Waals surface area (Å²) in [6.45, 7) is 0. The van der Waals surface area contributed by atoms with E-state index in [1.807, 2.05) is 30.3 Å². The molecule has 2 rings (SSSR count). The summed E-state index contributed by atoms with van der Waals surface area (Å²) in [4.78, 5) is 0. The van der Waals surface area contributed by atoms with Gasteiger partial charge in [-0.05, 0) is 11.4 Å². The lowest BCUT2D eigenvalue weighted by atomic mass is 10.2. The Kier molecular flexibility index (Phi) is 5.02. The molecule has 0 atom stereocenters. The first kappa shape index (κ1) is 14.4. The van der Waals surface area contributed by atoms with Crippen molar-refractivity contribution in [2.45, 2.75) is 4.21 Å². The summed E-state index contributed by atoms with van der Waals surface area (Å²) in [7, 11) is -3.94. The third-order valence-electron chi connectivity index (χ3n) is 1.83. The summed E-state index contributed by atoms with van der Waals surface area (Å²) in [5.41, 5.74) is 5.97. The van der Waals surface area contributed by atoms with Gasteiger partial charge < -0.3 is 5.73 Å². The van der Waals surface area contributed by atoms with Crippen molar-refractivity contribution in [3.05, 3.63) is 53.4 Å². The van der Waals surface area contributed by atoms with Gasteiger partial charge in [-0.1, -0.05) is 36.4 Å². The zero-order chi connectivity index (χ0) is 13.6. The zero-order valence-electron chi connectivity index (χ0n) is 9.28. The van der Waals surface area contributed by atoms with Gasteiger partial charge in [-0.25, -0.2) is 0 Å². The maximum Gasteiger partial charge on any atom is 0.304 e. The Morgan fingerprint density at radius 3 is 2.06 bits per heavy atom. The molecule has 0 aliphatic carbocycles. The highest BCUT2D eigenvalue weighted by Gasteiger charge is 2.08. The van der Waals surface area contributed by atoms with Gasteiger partial charge in [0.05, 0.1) is 0 Å². The normalized spacial score (nSPS) is 10.3. The van der Waals surface area contributed by atoms with Crippen LogP contribution in [0.25, 0.3) is 0 Å². The Hall–Kier alpha value is -1.70. The molecule has 1 aromatic heterocycles. The Morgan fingerprint density at radius 1 is 1.17 bits per heavy atom. The minimum Gasteiger partial charge on any atom is -0.384 e. The molecule has 96 valence electrons. The highest BCUT2D eigenvalue weighted by molar-refractivity contribution is 7.88. The van der Waals surface area contributed by atoms with Gasteiger partial charge in [-0.3, -0.25) is 9.96 Å². The average molecular weight is 284 g/mol. The Morgan fingerprint density at radius 2 is 1.78 bits per heavy atom. The minimum atomic E-state index is -3.94. The van der Waals surface area contributed by atoms with E-state index in [-0.39, 0.29) is 10.0 Å². The summed E-state index contributed by atoms with van der Waals surface area (Å²) in [5, 5.41) is 8.60. The predicted octanol–water partition coefficient (Wildman–Crippen LogP) is 1.97. The highest BCUT2D eigenvalue weighted by Crippen LogP contribution is 2.14. The van der Waals surface area contributed by atoms with E-state index in [1.54, 1.807) is 11.4 Å². The maximum atomic E-state index is 10.3. The van der Waals surface area contributed by atoms with Crippen LogP contribution in [-0.4, -0.2) is 18.8 Å². The number of amidine groups is 1. The molecule has 0 aliphatic rings. The predicted molar refractivity (Wildman–Crippen MR) is 71.6 cm³/mol. The van der Waals surface area contributed by atoms with E-state index in [9.17, 15) is 8.42 Å². The molecule has 0 spiro atoms. The fourth-order valence-electron chi connectivity index (χ4n) is 1.03. The van der Waals surface area contributed by atoms with Crippen LogP contribution in [0.4, 0.5) is 0 Å². The smallest absolute Gasteiger partial charge is 0.304 e. The van der Waals surface area contributed by atoms with E-state index in [4.69, 9.17) is 15.7 Å². The molecule has 0 aliphatic heterocycles. The second-order valence-corrected chi connectivity index (χ2v) is 5.78. The second-order valence-electron chi connectivity index (χ2n) is 3.19. The number of rotatable bonds is 2. The number of benzene rings is 1. The molecule has 0 saturated carbocycles. The first-order valence-corrected chi connectivity index (χ1v) is 7.13. The number of hydrogen-bond acceptors (Lipinski definition) is 4. The van der Waals surface area contributed by atoms with Crippen molar-refractivity contribution in [2.75, 3.05) is 0 Å². The molecular weight excluding hydrogens is 272 g/mol. The van der Waals surface area contributed by atoms with Gasteiger partial charge in [0.2, 0.25) is 0 Å². The average Bonchev–Trinajstić information content (AvgIpc) is 2.84. The van der Waals surface area contributed by atoms with E-state index in [1.165, 1.54) is 6.07 Å². The van der Waals surface area contributed by atoms with Crippen molar-refractivity contribution in [1.29, 1.82) is 5.41 Å². The third-order valence-corrected chi connectivity index (χ3v) is 4.06. The summed E-state index contributed by atoms with van der Waals surface area (Å²) in [5.74, 6) is 0.121. The summed E-state index contributed by atoms with van der Waals surface area (Å²) in [6.07, 6.45) is 0. The van der Waals surface area contributed by atoms with Gasteiger partial charge >= 0.3 is 10.1 Å². The molecule has 4 N–H and O–H groups in total. The fourth-order valence-corrected chi connectivity index (χ4v) is 2.38. The lowest BCUT2D eigenvalue weighted by Crippen LogP contribution is -2.10. The lowest BCUT2D eigenvalue weighted by molar-refractivity contribution is 0.485. The molecule has 0 saturated heterocycles. The van der Waals surface area contributed by atoms with Crippen molar-refractivity contribution in [1.82, 2.24) is 0 Å². The molecule has 0 amide bonds. The quantitative estimate of drug-likeness (QED) is 0.445. The van der Waals surface area contributed by atoms with Crippen LogP contribution >= 0.6 is 11.3 Å². The van der Waals surface area contributed by atoms with Crippen LogP contribution in [0.2, 0.25) is 0 Å². The van der Waals surface area contributed by atoms with Gasteiger partial charge in [0.25, 0.3) is 0 Å². The number of hydrogen-bond donors (Lipinski definition) is 3. The van der Waals surface area contributed by atoms with Crippen LogP contribution in [0.1, 0.15) is 5.56 Å². The van der Waals surface area contributed by atoms with Gasteiger partial charge in [-0.2, -0.15) is 8.42 Å². The van der Waals surface area contributed by atoms with Crippen LogP contribution in [0.15, 0.2) is 52.1 Å². The molecular formula is C11H12N2O3S2. The Balaban J connectivity index is 0.000000180. The van der Waals surface area contributed by atoms with Crippen LogP contribution in [0.5, 0.6) is 0 Å². The van der Waals surface area contributed by atoms with Crippen molar-refractivity contribution in [2.24, 2.45) is 5.73 Å². The first-order chi connectivity index (χ1) is 8.41. The molecule has 0 radical (unpaired) electrons. The fraction of sp³-hybridized carbons (Fsp3) is 0. The van der Waals surface area contributed by atoms with Gasteiger partial charge in [-0.15, -0.1) is 11.3 Å². The molecule has 2 aromatic rings. The van der Waals surface area contributed by atoms with Crippen molar-refractivity contribution in [3.8, 4) is 0 Å². The topological polar surface area (TPSA) is 104 Å². The van der Waals surface area contributed by atoms with Crippen LogP contribution < -0.4 is 5.73 Å². The second kappa shape index (κ2) is 6.29. The van der Waals surface area contributed by atoms with Crippen LogP contribution in [-0.2, 0) is 10.1 Å². The SMILES string of the molecule is N=C(N)c1ccccc1.O=S(=O)(O)c1cccs1. The summed E-state index contributed by atoms with van der Waals surface area (Å²) < 4.78 is 28.9. The third kappa shape index (κ3) is 4.66. The number of nitrogens with two attached hydrogens (primary N) is 1. The van der Waals surface area contributed by atoms with Crippen LogP contribution in [0.3, 0.4) is 0 Å². The van der Waals surface area contributed by atoms with E-state index >= 15 is 0 Å². The Labute approximate surface area is 109 Å². The molecule has 5 nitrogen and oxygen atoms in total. The largest absolute Gasteiger partial charge is 0.384 e. The van der Waals surface area contributed by atoms with Gasteiger partial charge in [0.1, 0.15) is 10.0 Å². The van der Waals surface area contributed by atoms with E-state index in [2.05, 4.69) is 0 Å². The molecule has 18 heavy (non-hydrogen) atoms. The van der Waals surface area contributed by atoms with Crippen molar-refractivity contribution >= 4 is 27.3 Å². The number of thiophene rings is 1. The minimum absolute atomic E-state index is 0.0116. The summed E-state index contributed by atoms with van der Waals surface area (Å²) in [6, 6.07) is 12.1. The van der Waals surface area contributed by atoms with Gasteiger partial charge in [0, 0.05) is 5.56 Å². The van der Waals surface area contributed by atoms with Crippen molar-refractivity contribution < 1.29 is 13.0 Å². The molecule has 0 unspecified atom stereocenters. The van der Waals surface area contributed by atoms with E-state index in [0.717, 1.165) is 16.9 Å². The first-order valence-electron chi connectivity index (χ1n) is 4.81. The zero-order valence-corrected chi connectivity index (χ0v) is 10.9. The molecule has 1 heterocycles. The van der Waals surface area contributed by atoms with Gasteiger partial charge in [0.15, 0.2) is 0 Å². The number of nitrogen functional groups attached to an aromatic ring is 1. The highest BCUT2D eigenvalue weighted by atomic mass is 32.3. The standard InChI is InChI=1S/C7H8N2.C4H4O3S2/c8-7(9)6-4-2-1-3-5-6;5-9(6,7)4-2-1-3-8-4/h1-5H,(H3,8,9);1-3H,(H,5,6,7). The molecule has 0 bridgehead atoms. The monoisotopic (exact) mass is 284 g/mol. The molecule has 7 heteroatoms. The molecule has 0 fully saturated rings. The van der Waals surface area contributed by atoms with E-state index < -0.39 is 10.1 Å². The van der Waals surface area contributed by atoms with Crippen molar-refractivity contribution in [3.63, 3.8) is 0 Å². The van der Waals surface area contributed by atoms with E-state index in [0.29, 0.717) is 0 Å². The molecule has 1 aromatic carbocycles. The van der Waals surface area contributed by atoms with Crippen LogP contribution in [0, 0.1) is 5.41 Å². The number of nitrogens with one attached hydrogen (secondary N) is 1. The summed E-state index contributed by atoms with van der Waals surface area (Å²) >= 11 is 0.992.